The predicted octanol–water partition coefficient (Wildman–Crippen LogP) is 0.669. The largest absolute Gasteiger partial charge is 0.501 e. The van der Waals surface area contributed by atoms with Crippen LogP contribution in [0.25, 0.3) is 0 Å². The van der Waals surface area contributed by atoms with Gasteiger partial charge < -0.3 is 9.47 Å². The molecule has 0 N–H and O–H groups in total. The lowest BCUT2D eigenvalue weighted by atomic mass is 10.2. The smallest absolute Gasteiger partial charge is 0.379 e. The third kappa shape index (κ3) is 3.18. The molecule has 0 aliphatic rings. The lowest BCUT2D eigenvalue weighted by Crippen LogP contribution is -2.16. The Morgan fingerprint density at radius 2 is 2.00 bits per heavy atom. The summed E-state index contributed by atoms with van der Waals surface area (Å²) in [4.78, 5) is 21.6. The third-order valence-corrected chi connectivity index (χ3v) is 1.16. The maximum absolute atomic E-state index is 11.0. The monoisotopic (exact) mass is 172 g/mol. The van der Waals surface area contributed by atoms with Gasteiger partial charge in [0.05, 0.1) is 20.0 Å². The standard InChI is InChI=1S/C8H12O4/c1-4-12-5-6(2)7(9)8(10)11-3/h5H,4H2,1-3H3/b6-5-. The second-order valence-electron chi connectivity index (χ2n) is 2.08. The zero-order chi connectivity index (χ0) is 9.56. The Bertz CT molecular complexity index is 205. The Kier molecular flexibility index (Phi) is 4.76. The van der Waals surface area contributed by atoms with Crippen molar-refractivity contribution in [3.8, 4) is 0 Å². The molecule has 4 heteroatoms. The normalized spacial score (nSPS) is 10.8. The summed E-state index contributed by atoms with van der Waals surface area (Å²) >= 11 is 0. The fourth-order valence-corrected chi connectivity index (χ4v) is 0.516. The van der Waals surface area contributed by atoms with E-state index in [1.165, 1.54) is 13.2 Å². The van der Waals surface area contributed by atoms with Crippen LogP contribution in [0.3, 0.4) is 0 Å². The van der Waals surface area contributed by atoms with E-state index in [4.69, 9.17) is 4.74 Å². The lowest BCUT2D eigenvalue weighted by Gasteiger charge is -1.98. The van der Waals surface area contributed by atoms with E-state index >= 15 is 0 Å². The van der Waals surface area contributed by atoms with Crippen molar-refractivity contribution in [3.63, 3.8) is 0 Å². The number of Topliss-reactive ketones (excluding diaryl/α,β-unsaturated/α-hetero) is 1. The van der Waals surface area contributed by atoms with Gasteiger partial charge in [0.25, 0.3) is 5.78 Å². The van der Waals surface area contributed by atoms with E-state index in [1.54, 1.807) is 6.92 Å². The summed E-state index contributed by atoms with van der Waals surface area (Å²) in [5, 5.41) is 0. The average molecular weight is 172 g/mol. The van der Waals surface area contributed by atoms with Crippen molar-refractivity contribution in [2.45, 2.75) is 13.8 Å². The van der Waals surface area contributed by atoms with E-state index < -0.39 is 11.8 Å². The van der Waals surface area contributed by atoms with Gasteiger partial charge in [-0.2, -0.15) is 0 Å². The first kappa shape index (κ1) is 10.7. The first-order valence-corrected chi connectivity index (χ1v) is 3.54. The average Bonchev–Trinajstić information content (AvgIpc) is 2.11. The molecule has 0 radical (unpaired) electrons. The molecule has 0 atom stereocenters. The molecule has 0 saturated carbocycles. The Morgan fingerprint density at radius 3 is 2.42 bits per heavy atom. The fraction of sp³-hybridized carbons (Fsp3) is 0.500. The molecule has 0 rings (SSSR count). The second-order valence-corrected chi connectivity index (χ2v) is 2.08. The molecular formula is C8H12O4. The minimum absolute atomic E-state index is 0.240. The van der Waals surface area contributed by atoms with Gasteiger partial charge in [-0.3, -0.25) is 4.79 Å². The maximum atomic E-state index is 11.0. The summed E-state index contributed by atoms with van der Waals surface area (Å²) in [6.45, 7) is 3.74. The molecule has 0 fully saturated rings. The van der Waals surface area contributed by atoms with Crippen LogP contribution in [-0.2, 0) is 19.1 Å². The van der Waals surface area contributed by atoms with Gasteiger partial charge in [-0.25, -0.2) is 4.79 Å². The topological polar surface area (TPSA) is 52.6 Å². The van der Waals surface area contributed by atoms with Crippen molar-refractivity contribution in [2.24, 2.45) is 0 Å². The predicted molar refractivity (Wildman–Crippen MR) is 42.4 cm³/mol. The highest BCUT2D eigenvalue weighted by atomic mass is 16.5. The Labute approximate surface area is 71.2 Å². The molecule has 0 saturated heterocycles. The van der Waals surface area contributed by atoms with Gasteiger partial charge >= 0.3 is 5.97 Å². The minimum Gasteiger partial charge on any atom is -0.501 e. The summed E-state index contributed by atoms with van der Waals surface area (Å²) in [6, 6.07) is 0. The molecule has 0 heterocycles. The molecule has 4 nitrogen and oxygen atoms in total. The van der Waals surface area contributed by atoms with E-state index in [0.717, 1.165) is 7.11 Å². The summed E-state index contributed by atoms with van der Waals surface area (Å²) in [6.07, 6.45) is 1.25. The molecule has 0 aromatic rings. The number of ketones is 1. The van der Waals surface area contributed by atoms with E-state index in [-0.39, 0.29) is 5.57 Å². The molecule has 0 aromatic carbocycles. The zero-order valence-corrected chi connectivity index (χ0v) is 7.42. The van der Waals surface area contributed by atoms with Crippen LogP contribution in [0.15, 0.2) is 11.8 Å². The van der Waals surface area contributed by atoms with Crippen LogP contribution < -0.4 is 0 Å². The highest BCUT2D eigenvalue weighted by Gasteiger charge is 2.15. The van der Waals surface area contributed by atoms with Crippen LogP contribution in [0, 0.1) is 0 Å². The fourth-order valence-electron chi connectivity index (χ4n) is 0.516. The lowest BCUT2D eigenvalue weighted by molar-refractivity contribution is -0.149. The number of carbonyl (C=O) groups is 2. The van der Waals surface area contributed by atoms with Crippen molar-refractivity contribution in [3.05, 3.63) is 11.8 Å². The molecule has 0 aromatic heterocycles. The van der Waals surface area contributed by atoms with Crippen LogP contribution in [0.2, 0.25) is 0 Å². The van der Waals surface area contributed by atoms with Gasteiger partial charge in [0, 0.05) is 5.57 Å². The summed E-state index contributed by atoms with van der Waals surface area (Å²) in [7, 11) is 1.16. The van der Waals surface area contributed by atoms with Gasteiger partial charge in [-0.1, -0.05) is 0 Å². The van der Waals surface area contributed by atoms with E-state index in [2.05, 4.69) is 4.74 Å². The third-order valence-electron chi connectivity index (χ3n) is 1.16. The van der Waals surface area contributed by atoms with E-state index in [9.17, 15) is 9.59 Å². The highest BCUT2D eigenvalue weighted by Crippen LogP contribution is 1.96. The molecule has 12 heavy (non-hydrogen) atoms. The van der Waals surface area contributed by atoms with Crippen molar-refractivity contribution in [1.82, 2.24) is 0 Å². The summed E-state index contributed by atoms with van der Waals surface area (Å²) in [5.41, 5.74) is 0.240. The minimum atomic E-state index is -0.872. The van der Waals surface area contributed by atoms with Crippen LogP contribution >= 0.6 is 0 Å². The number of esters is 1. The number of carbonyl (C=O) groups excluding carboxylic acids is 2. The quantitative estimate of drug-likeness (QED) is 0.270. The van der Waals surface area contributed by atoms with Crippen LogP contribution in [0.1, 0.15) is 13.8 Å². The number of rotatable bonds is 4. The zero-order valence-electron chi connectivity index (χ0n) is 7.42. The Balaban J connectivity index is 4.18. The van der Waals surface area contributed by atoms with Crippen LogP contribution in [-0.4, -0.2) is 25.5 Å². The Morgan fingerprint density at radius 1 is 1.42 bits per heavy atom. The van der Waals surface area contributed by atoms with Crippen LogP contribution in [0.4, 0.5) is 0 Å². The van der Waals surface area contributed by atoms with Gasteiger partial charge in [0.1, 0.15) is 0 Å². The molecule has 68 valence electrons. The molecule has 0 unspecified atom stereocenters. The van der Waals surface area contributed by atoms with Crippen molar-refractivity contribution >= 4 is 11.8 Å². The van der Waals surface area contributed by atoms with Gasteiger partial charge in [-0.15, -0.1) is 0 Å². The molecular weight excluding hydrogens is 160 g/mol. The molecule has 0 bridgehead atoms. The number of hydrogen-bond acceptors (Lipinski definition) is 4. The first-order valence-electron chi connectivity index (χ1n) is 3.54. The van der Waals surface area contributed by atoms with E-state index in [0.29, 0.717) is 6.61 Å². The molecule has 0 amide bonds. The first-order chi connectivity index (χ1) is 5.63. The van der Waals surface area contributed by atoms with Crippen molar-refractivity contribution in [1.29, 1.82) is 0 Å². The summed E-state index contributed by atoms with van der Waals surface area (Å²) < 4.78 is 9.05. The number of ether oxygens (including phenoxy) is 2. The van der Waals surface area contributed by atoms with Crippen molar-refractivity contribution in [2.75, 3.05) is 13.7 Å². The Hall–Kier alpha value is -1.32. The second kappa shape index (κ2) is 5.35. The summed E-state index contributed by atoms with van der Waals surface area (Å²) in [5.74, 6) is -1.55. The van der Waals surface area contributed by atoms with Gasteiger partial charge in [-0.05, 0) is 13.8 Å². The van der Waals surface area contributed by atoms with Gasteiger partial charge in [0.2, 0.25) is 0 Å². The molecule has 0 spiro atoms. The number of hydrogen-bond donors (Lipinski definition) is 0. The maximum Gasteiger partial charge on any atom is 0.379 e. The highest BCUT2D eigenvalue weighted by molar-refractivity contribution is 6.40. The van der Waals surface area contributed by atoms with Crippen LogP contribution in [0.5, 0.6) is 0 Å². The van der Waals surface area contributed by atoms with E-state index in [1.807, 2.05) is 0 Å². The number of methoxy groups -OCH3 is 1. The molecule has 0 aliphatic heterocycles. The van der Waals surface area contributed by atoms with Gasteiger partial charge in [0.15, 0.2) is 0 Å². The SMILES string of the molecule is CCO/C=C(/C)C(=O)C(=O)OC. The molecule has 0 aliphatic carbocycles. The van der Waals surface area contributed by atoms with Crippen molar-refractivity contribution < 1.29 is 19.1 Å².